The van der Waals surface area contributed by atoms with E-state index in [-0.39, 0.29) is 5.25 Å². The molecule has 1 saturated heterocycles. The molecule has 1 atom stereocenters. The van der Waals surface area contributed by atoms with Gasteiger partial charge in [0.1, 0.15) is 0 Å². The second-order valence-corrected chi connectivity index (χ2v) is 7.55. The van der Waals surface area contributed by atoms with Gasteiger partial charge >= 0.3 is 0 Å². The van der Waals surface area contributed by atoms with Crippen LogP contribution in [0, 0.1) is 0 Å². The average molecular weight is 265 g/mol. The van der Waals surface area contributed by atoms with Gasteiger partial charge in [-0.1, -0.05) is 18.2 Å². The van der Waals surface area contributed by atoms with E-state index in [0.717, 1.165) is 37.8 Å². The maximum atomic E-state index is 12.4. The van der Waals surface area contributed by atoms with E-state index in [9.17, 15) is 8.42 Å². The molecular weight excluding hydrogens is 246 g/mol. The van der Waals surface area contributed by atoms with Crippen LogP contribution < -0.4 is 5.32 Å². The van der Waals surface area contributed by atoms with Crippen molar-refractivity contribution in [1.82, 2.24) is 5.32 Å². The largest absolute Gasteiger partial charge is 0.314 e. The Morgan fingerprint density at radius 2 is 1.94 bits per heavy atom. The van der Waals surface area contributed by atoms with Gasteiger partial charge in [-0.2, -0.15) is 0 Å². The van der Waals surface area contributed by atoms with Crippen molar-refractivity contribution in [1.29, 1.82) is 0 Å². The molecule has 1 aliphatic heterocycles. The summed E-state index contributed by atoms with van der Waals surface area (Å²) in [7, 11) is -3.07. The minimum atomic E-state index is -3.07. The van der Waals surface area contributed by atoms with Crippen LogP contribution in [0.25, 0.3) is 0 Å². The minimum absolute atomic E-state index is 0.116. The van der Waals surface area contributed by atoms with Crippen LogP contribution in [0.5, 0.6) is 0 Å². The van der Waals surface area contributed by atoms with Crippen molar-refractivity contribution in [3.05, 3.63) is 29.8 Å². The lowest BCUT2D eigenvalue weighted by atomic mass is 10.0. The Balaban J connectivity index is 1.89. The Morgan fingerprint density at radius 1 is 1.17 bits per heavy atom. The number of benzene rings is 1. The quantitative estimate of drug-likeness (QED) is 0.904. The van der Waals surface area contributed by atoms with Crippen molar-refractivity contribution in [2.45, 2.75) is 48.3 Å². The predicted molar refractivity (Wildman–Crippen MR) is 71.4 cm³/mol. The van der Waals surface area contributed by atoms with Gasteiger partial charge in [-0.05, 0) is 50.3 Å². The first-order valence-electron chi connectivity index (χ1n) is 6.73. The van der Waals surface area contributed by atoms with Crippen LogP contribution in [-0.2, 0) is 16.3 Å². The lowest BCUT2D eigenvalue weighted by Crippen LogP contribution is -2.24. The summed E-state index contributed by atoms with van der Waals surface area (Å²) in [5, 5.41) is 3.32. The molecular formula is C14H19NO2S. The first kappa shape index (κ1) is 12.2. The summed E-state index contributed by atoms with van der Waals surface area (Å²) in [6.07, 6.45) is 4.85. The Bertz CT molecular complexity index is 528. The maximum absolute atomic E-state index is 12.4. The van der Waals surface area contributed by atoms with Crippen LogP contribution in [-0.4, -0.2) is 26.3 Å². The third-order valence-electron chi connectivity index (χ3n) is 3.87. The van der Waals surface area contributed by atoms with Gasteiger partial charge < -0.3 is 5.32 Å². The van der Waals surface area contributed by atoms with Gasteiger partial charge in [-0.25, -0.2) is 8.42 Å². The fraction of sp³-hybridized carbons (Fsp3) is 0.571. The van der Waals surface area contributed by atoms with E-state index in [0.29, 0.717) is 10.9 Å². The van der Waals surface area contributed by atoms with Crippen molar-refractivity contribution >= 4 is 9.84 Å². The standard InChI is InChI=1S/C14H19NO2S/c16-18(17,13-7-8-13)14-6-2-1-4-11(14)10-12-5-3-9-15-12/h1-2,4,6,12-13,15H,3,5,7-10H2. The molecule has 2 aliphatic rings. The molecule has 1 aromatic rings. The highest BCUT2D eigenvalue weighted by Crippen LogP contribution is 2.35. The van der Waals surface area contributed by atoms with Crippen molar-refractivity contribution in [3.63, 3.8) is 0 Å². The summed E-state index contributed by atoms with van der Waals surface area (Å²) < 4.78 is 24.7. The molecule has 1 saturated carbocycles. The zero-order valence-corrected chi connectivity index (χ0v) is 11.2. The summed E-state index contributed by atoms with van der Waals surface area (Å²) >= 11 is 0. The SMILES string of the molecule is O=S(=O)(c1ccccc1CC1CCCN1)C1CC1. The molecule has 0 spiro atoms. The van der Waals surface area contributed by atoms with Gasteiger partial charge in [0.15, 0.2) is 9.84 Å². The molecule has 1 unspecified atom stereocenters. The molecule has 1 N–H and O–H groups in total. The van der Waals surface area contributed by atoms with E-state index in [1.807, 2.05) is 18.2 Å². The van der Waals surface area contributed by atoms with Crippen molar-refractivity contribution in [3.8, 4) is 0 Å². The van der Waals surface area contributed by atoms with Crippen molar-refractivity contribution in [2.24, 2.45) is 0 Å². The Labute approximate surface area is 109 Å². The summed E-state index contributed by atoms with van der Waals surface area (Å²) in [6, 6.07) is 7.96. The first-order chi connectivity index (χ1) is 8.68. The zero-order chi connectivity index (χ0) is 12.6. The van der Waals surface area contributed by atoms with Gasteiger partial charge in [0.05, 0.1) is 10.1 Å². The van der Waals surface area contributed by atoms with Gasteiger partial charge in [0, 0.05) is 6.04 Å². The molecule has 0 aromatic heterocycles. The molecule has 18 heavy (non-hydrogen) atoms. The number of rotatable bonds is 4. The zero-order valence-electron chi connectivity index (χ0n) is 10.4. The minimum Gasteiger partial charge on any atom is -0.314 e. The fourth-order valence-corrected chi connectivity index (χ4v) is 4.61. The van der Waals surface area contributed by atoms with Gasteiger partial charge in [-0.3, -0.25) is 0 Å². The Hall–Kier alpha value is -0.870. The summed E-state index contributed by atoms with van der Waals surface area (Å²) in [6.45, 7) is 1.06. The molecule has 3 rings (SSSR count). The smallest absolute Gasteiger partial charge is 0.181 e. The van der Waals surface area contributed by atoms with E-state index in [1.165, 1.54) is 6.42 Å². The normalized spacial score (nSPS) is 24.3. The predicted octanol–water partition coefficient (Wildman–Crippen LogP) is 1.92. The molecule has 2 fully saturated rings. The van der Waals surface area contributed by atoms with E-state index in [4.69, 9.17) is 0 Å². The fourth-order valence-electron chi connectivity index (χ4n) is 2.70. The number of hydrogen-bond acceptors (Lipinski definition) is 3. The van der Waals surface area contributed by atoms with Gasteiger partial charge in [-0.15, -0.1) is 0 Å². The number of sulfone groups is 1. The van der Waals surface area contributed by atoms with Crippen LogP contribution in [0.3, 0.4) is 0 Å². The van der Waals surface area contributed by atoms with Crippen LogP contribution in [0.15, 0.2) is 29.2 Å². The Kier molecular flexibility index (Phi) is 3.16. The monoisotopic (exact) mass is 265 g/mol. The number of hydrogen-bond donors (Lipinski definition) is 1. The molecule has 1 aliphatic carbocycles. The van der Waals surface area contributed by atoms with E-state index >= 15 is 0 Å². The molecule has 4 heteroatoms. The lowest BCUT2D eigenvalue weighted by Gasteiger charge is -2.14. The number of nitrogens with one attached hydrogen (secondary N) is 1. The van der Waals surface area contributed by atoms with Gasteiger partial charge in [0.25, 0.3) is 0 Å². The van der Waals surface area contributed by atoms with E-state index in [2.05, 4.69) is 5.32 Å². The van der Waals surface area contributed by atoms with Gasteiger partial charge in [0.2, 0.25) is 0 Å². The van der Waals surface area contributed by atoms with Crippen LogP contribution in [0.4, 0.5) is 0 Å². The topological polar surface area (TPSA) is 46.2 Å². The highest BCUT2D eigenvalue weighted by Gasteiger charge is 2.38. The third-order valence-corrected chi connectivity index (χ3v) is 6.23. The maximum Gasteiger partial charge on any atom is 0.181 e. The molecule has 0 amide bonds. The molecule has 1 aromatic carbocycles. The summed E-state index contributed by atoms with van der Waals surface area (Å²) in [5.74, 6) is 0. The Morgan fingerprint density at radius 3 is 2.61 bits per heavy atom. The second kappa shape index (κ2) is 4.67. The summed E-state index contributed by atoms with van der Waals surface area (Å²) in [4.78, 5) is 0.571. The highest BCUT2D eigenvalue weighted by molar-refractivity contribution is 7.92. The molecule has 3 nitrogen and oxygen atoms in total. The highest BCUT2D eigenvalue weighted by atomic mass is 32.2. The second-order valence-electron chi connectivity index (χ2n) is 5.35. The van der Waals surface area contributed by atoms with E-state index < -0.39 is 9.84 Å². The van der Waals surface area contributed by atoms with Crippen molar-refractivity contribution in [2.75, 3.05) is 6.54 Å². The average Bonchev–Trinajstić information content (AvgIpc) is 3.11. The van der Waals surface area contributed by atoms with Crippen molar-refractivity contribution < 1.29 is 8.42 Å². The van der Waals surface area contributed by atoms with Crippen LogP contribution >= 0.6 is 0 Å². The third kappa shape index (κ3) is 2.31. The molecule has 0 radical (unpaired) electrons. The first-order valence-corrected chi connectivity index (χ1v) is 8.28. The molecule has 0 bridgehead atoms. The van der Waals surface area contributed by atoms with Crippen LogP contribution in [0.1, 0.15) is 31.2 Å². The van der Waals surface area contributed by atoms with E-state index in [1.54, 1.807) is 6.07 Å². The molecule has 98 valence electrons. The lowest BCUT2D eigenvalue weighted by molar-refractivity contribution is 0.582. The molecule has 1 heterocycles. The van der Waals surface area contributed by atoms with Crippen LogP contribution in [0.2, 0.25) is 0 Å². The summed E-state index contributed by atoms with van der Waals surface area (Å²) in [5.41, 5.74) is 0.990.